The minimum Gasteiger partial charge on any atom is -0.376 e. The van der Waals surface area contributed by atoms with Crippen molar-refractivity contribution in [3.8, 4) is 28.0 Å². The molecule has 3 saturated heterocycles. The fourth-order valence-corrected chi connectivity index (χ4v) is 6.84. The first-order chi connectivity index (χ1) is 18.9. The zero-order chi connectivity index (χ0) is 26.7. The van der Waals surface area contributed by atoms with Gasteiger partial charge in [-0.25, -0.2) is 4.52 Å². The summed E-state index contributed by atoms with van der Waals surface area (Å²) >= 11 is 1.55. The summed E-state index contributed by atoms with van der Waals surface area (Å²) in [4.78, 5) is 21.2. The van der Waals surface area contributed by atoms with E-state index in [1.165, 1.54) is 0 Å². The fourth-order valence-electron chi connectivity index (χ4n) is 5.95. The second-order valence-corrected chi connectivity index (χ2v) is 11.8. The highest BCUT2D eigenvalue weighted by Gasteiger charge is 2.42. The van der Waals surface area contributed by atoms with Crippen LogP contribution in [-0.4, -0.2) is 79.5 Å². The minimum atomic E-state index is -0.190. The van der Waals surface area contributed by atoms with Crippen LogP contribution in [0.15, 0.2) is 36.7 Å². The minimum absolute atomic E-state index is 0.159. The van der Waals surface area contributed by atoms with E-state index in [0.717, 1.165) is 64.2 Å². The molecule has 2 bridgehead atoms. The average molecular weight is 542 g/mol. The van der Waals surface area contributed by atoms with Gasteiger partial charge in [-0.3, -0.25) is 9.78 Å². The highest BCUT2D eigenvalue weighted by molar-refractivity contribution is 7.18. The smallest absolute Gasteiger partial charge is 0.220 e. The predicted molar refractivity (Wildman–Crippen MR) is 146 cm³/mol. The van der Waals surface area contributed by atoms with Gasteiger partial charge in [-0.2, -0.15) is 10.4 Å². The highest BCUT2D eigenvalue weighted by Crippen LogP contribution is 2.39. The fraction of sp³-hybridized carbons (Fsp3) is 0.407. The van der Waals surface area contributed by atoms with E-state index in [2.05, 4.69) is 38.5 Å². The van der Waals surface area contributed by atoms with Gasteiger partial charge in [-0.1, -0.05) is 11.3 Å². The van der Waals surface area contributed by atoms with Gasteiger partial charge in [0.1, 0.15) is 6.07 Å². The van der Waals surface area contributed by atoms with Gasteiger partial charge in [-0.05, 0) is 44.0 Å². The third kappa shape index (κ3) is 4.09. The monoisotopic (exact) mass is 541 g/mol. The van der Waals surface area contributed by atoms with Crippen LogP contribution in [-0.2, 0) is 9.53 Å². The Balaban J connectivity index is 1.22. The first kappa shape index (κ1) is 24.0. The number of hydrogen-bond acceptors (Lipinski definition) is 10. The molecule has 0 aromatic carbocycles. The number of hydrogen-bond donors (Lipinski definition) is 1. The molecule has 3 aliphatic rings. The maximum Gasteiger partial charge on any atom is 0.220 e. The van der Waals surface area contributed by atoms with Crippen molar-refractivity contribution >= 4 is 33.6 Å². The first-order valence-corrected chi connectivity index (χ1v) is 13.8. The molecule has 2 atom stereocenters. The number of aromatic nitrogens is 5. The molecule has 12 heteroatoms. The summed E-state index contributed by atoms with van der Waals surface area (Å²) in [6.07, 6.45) is 5.47. The van der Waals surface area contributed by atoms with Crippen LogP contribution in [0.25, 0.3) is 27.5 Å². The Morgan fingerprint density at radius 3 is 2.67 bits per heavy atom. The molecule has 1 N–H and O–H groups in total. The van der Waals surface area contributed by atoms with E-state index in [-0.39, 0.29) is 23.5 Å². The Hall–Kier alpha value is -4.08. The van der Waals surface area contributed by atoms with E-state index in [1.54, 1.807) is 29.0 Å². The van der Waals surface area contributed by atoms with Gasteiger partial charge < -0.3 is 19.9 Å². The number of nitrogens with zero attached hydrogens (tertiary/aromatic N) is 8. The van der Waals surface area contributed by atoms with Gasteiger partial charge in [-0.15, -0.1) is 10.2 Å². The van der Waals surface area contributed by atoms with Gasteiger partial charge >= 0.3 is 0 Å². The molecular formula is C27H27N9O2S. The summed E-state index contributed by atoms with van der Waals surface area (Å²) in [5, 5.41) is 28.1. The molecule has 0 radical (unpaired) electrons. The number of piperazine rings is 1. The van der Waals surface area contributed by atoms with Crippen LogP contribution in [0.1, 0.15) is 32.3 Å². The van der Waals surface area contributed by atoms with E-state index >= 15 is 0 Å². The summed E-state index contributed by atoms with van der Waals surface area (Å²) in [6, 6.07) is 10.3. The van der Waals surface area contributed by atoms with E-state index < -0.39 is 0 Å². The number of nitriles is 1. The Kier molecular flexibility index (Phi) is 5.54. The third-order valence-electron chi connectivity index (χ3n) is 7.83. The number of amides is 1. The molecule has 198 valence electrons. The molecule has 3 fully saturated rings. The first-order valence-electron chi connectivity index (χ1n) is 13.0. The van der Waals surface area contributed by atoms with Crippen molar-refractivity contribution in [2.24, 2.45) is 0 Å². The Bertz CT molecular complexity index is 1620. The molecule has 4 aromatic rings. The van der Waals surface area contributed by atoms with Crippen molar-refractivity contribution in [1.29, 1.82) is 5.26 Å². The molecule has 1 amide bonds. The standard InChI is InChI=1S/C27H27N9O2S/c1-16(37)35-19-3-4-20(35)13-34(12-19)26-33-32-25(39-26)21-11-29-23(8-22(21)31-27(2)14-38-15-27)24-6-5-18-7-17(9-28)10-30-36(18)24/h5-8,10-11,19-20H,3-4,12-15H2,1-2H3,(H,29,31). The van der Waals surface area contributed by atoms with E-state index in [4.69, 9.17) is 9.72 Å². The Morgan fingerprint density at radius 1 is 1.18 bits per heavy atom. The van der Waals surface area contributed by atoms with E-state index in [1.807, 2.05) is 35.4 Å². The molecule has 39 heavy (non-hydrogen) atoms. The number of nitrogens with one attached hydrogen (secondary N) is 1. The van der Waals surface area contributed by atoms with Crippen molar-refractivity contribution in [1.82, 2.24) is 29.7 Å². The SMILES string of the molecule is CC(=O)N1C2CCC1CN(c1nnc(-c3cnc(-c4ccc5cc(C#N)cnn45)cc3NC3(C)COC3)s1)C2. The summed E-state index contributed by atoms with van der Waals surface area (Å²) < 4.78 is 7.28. The number of carbonyl (C=O) groups excluding carboxylic acids is 1. The highest BCUT2D eigenvalue weighted by atomic mass is 32.1. The third-order valence-corrected chi connectivity index (χ3v) is 8.85. The van der Waals surface area contributed by atoms with Crippen LogP contribution in [0, 0.1) is 11.3 Å². The van der Waals surface area contributed by atoms with Crippen LogP contribution in [0.2, 0.25) is 0 Å². The van der Waals surface area contributed by atoms with Crippen molar-refractivity contribution in [3.05, 3.63) is 42.2 Å². The van der Waals surface area contributed by atoms with Crippen LogP contribution < -0.4 is 10.2 Å². The molecule has 4 aromatic heterocycles. The number of pyridine rings is 1. The van der Waals surface area contributed by atoms with Gasteiger partial charge in [0.25, 0.3) is 0 Å². The van der Waals surface area contributed by atoms with Gasteiger partial charge in [0.05, 0.1) is 53.0 Å². The number of fused-ring (bicyclic) bond motifs is 3. The lowest BCUT2D eigenvalue weighted by atomic mass is 9.99. The molecular weight excluding hydrogens is 514 g/mol. The second-order valence-electron chi connectivity index (χ2n) is 10.8. The van der Waals surface area contributed by atoms with E-state index in [9.17, 15) is 10.1 Å². The van der Waals surface area contributed by atoms with Crippen LogP contribution in [0.3, 0.4) is 0 Å². The van der Waals surface area contributed by atoms with Crippen molar-refractivity contribution < 1.29 is 9.53 Å². The lowest BCUT2D eigenvalue weighted by molar-refractivity contribution is -0.132. The van der Waals surface area contributed by atoms with Gasteiger partial charge in [0, 0.05) is 44.0 Å². The zero-order valence-corrected chi connectivity index (χ0v) is 22.5. The maximum atomic E-state index is 12.1. The molecule has 0 aliphatic carbocycles. The average Bonchev–Trinajstić information content (AvgIpc) is 3.63. The number of rotatable bonds is 5. The summed E-state index contributed by atoms with van der Waals surface area (Å²) in [5.74, 6) is 0.159. The quantitative estimate of drug-likeness (QED) is 0.406. The molecule has 0 spiro atoms. The summed E-state index contributed by atoms with van der Waals surface area (Å²) in [5.41, 5.74) is 4.51. The van der Waals surface area contributed by atoms with E-state index in [0.29, 0.717) is 18.8 Å². The molecule has 7 rings (SSSR count). The molecule has 3 aliphatic heterocycles. The topological polar surface area (TPSA) is 125 Å². The zero-order valence-electron chi connectivity index (χ0n) is 21.7. The normalized spacial score (nSPS) is 21.6. The lowest BCUT2D eigenvalue weighted by Gasteiger charge is -2.40. The Labute approximate surface area is 229 Å². The number of anilines is 2. The molecule has 2 unspecified atom stereocenters. The van der Waals surface area contributed by atoms with Crippen molar-refractivity contribution in [2.45, 2.75) is 44.3 Å². The van der Waals surface area contributed by atoms with Gasteiger partial charge in [0.2, 0.25) is 11.0 Å². The molecule has 11 nitrogen and oxygen atoms in total. The summed E-state index contributed by atoms with van der Waals surface area (Å²) in [6.45, 7) is 6.59. The van der Waals surface area contributed by atoms with Gasteiger partial charge in [0.15, 0.2) is 5.01 Å². The van der Waals surface area contributed by atoms with Crippen molar-refractivity contribution in [2.75, 3.05) is 36.5 Å². The molecule has 7 heterocycles. The number of carbonyl (C=O) groups is 1. The largest absolute Gasteiger partial charge is 0.376 e. The summed E-state index contributed by atoms with van der Waals surface area (Å²) in [7, 11) is 0. The van der Waals surface area contributed by atoms with Crippen LogP contribution in [0.5, 0.6) is 0 Å². The lowest BCUT2D eigenvalue weighted by Crippen LogP contribution is -2.55. The maximum absolute atomic E-state index is 12.1. The number of ether oxygens (including phenoxy) is 1. The predicted octanol–water partition coefficient (Wildman–Crippen LogP) is 3.19. The van der Waals surface area contributed by atoms with Crippen LogP contribution in [0.4, 0.5) is 10.8 Å². The Morgan fingerprint density at radius 2 is 1.97 bits per heavy atom. The van der Waals surface area contributed by atoms with Crippen molar-refractivity contribution in [3.63, 3.8) is 0 Å². The van der Waals surface area contributed by atoms with Crippen LogP contribution >= 0.6 is 11.3 Å². The molecule has 0 saturated carbocycles. The second kappa shape index (κ2) is 9.00.